The average molecular weight is 269 g/mol. The predicted octanol–water partition coefficient (Wildman–Crippen LogP) is 1.52. The number of halogens is 1. The molecule has 1 aliphatic carbocycles. The van der Waals surface area contributed by atoms with Gasteiger partial charge in [0.2, 0.25) is 0 Å². The van der Waals surface area contributed by atoms with Crippen LogP contribution in [0, 0.1) is 17.8 Å². The molecule has 15 heavy (non-hydrogen) atoms. The van der Waals surface area contributed by atoms with Crippen molar-refractivity contribution in [2.75, 3.05) is 24.6 Å². The molecule has 0 spiro atoms. The number of hydrogen-bond acceptors (Lipinski definition) is 3. The van der Waals surface area contributed by atoms with Crippen LogP contribution in [0.2, 0.25) is 0 Å². The standard InChI is InChI=1S/C11H13BrN2O/c12-7-1-2-11(13-3-7)14-4-8-9(5-14)10(8)6-15/h1-3,8-10,15H,4-6H2/t8-,9+,10?. The molecule has 1 saturated carbocycles. The first-order valence-electron chi connectivity index (χ1n) is 5.27. The van der Waals surface area contributed by atoms with Gasteiger partial charge in [-0.25, -0.2) is 4.98 Å². The zero-order chi connectivity index (χ0) is 10.4. The minimum Gasteiger partial charge on any atom is -0.396 e. The molecule has 1 unspecified atom stereocenters. The molecule has 0 radical (unpaired) electrons. The summed E-state index contributed by atoms with van der Waals surface area (Å²) in [6.45, 7) is 2.48. The Kier molecular flexibility index (Phi) is 2.21. The van der Waals surface area contributed by atoms with E-state index in [1.165, 1.54) is 0 Å². The summed E-state index contributed by atoms with van der Waals surface area (Å²) in [5.74, 6) is 3.04. The Hall–Kier alpha value is -0.610. The van der Waals surface area contributed by atoms with E-state index in [9.17, 15) is 0 Å². The lowest BCUT2D eigenvalue weighted by atomic mass is 10.3. The summed E-state index contributed by atoms with van der Waals surface area (Å²) < 4.78 is 1.02. The van der Waals surface area contributed by atoms with Crippen molar-refractivity contribution in [1.82, 2.24) is 4.98 Å². The summed E-state index contributed by atoms with van der Waals surface area (Å²) in [6, 6.07) is 4.07. The highest BCUT2D eigenvalue weighted by atomic mass is 79.9. The summed E-state index contributed by atoms with van der Waals surface area (Å²) >= 11 is 3.38. The van der Waals surface area contributed by atoms with Crippen molar-refractivity contribution in [3.8, 4) is 0 Å². The van der Waals surface area contributed by atoms with Crippen LogP contribution >= 0.6 is 15.9 Å². The number of aromatic nitrogens is 1. The van der Waals surface area contributed by atoms with Gasteiger partial charge in [-0.1, -0.05) is 0 Å². The van der Waals surface area contributed by atoms with Crippen LogP contribution in [0.15, 0.2) is 22.8 Å². The number of aliphatic hydroxyl groups excluding tert-OH is 1. The van der Waals surface area contributed by atoms with E-state index in [0.29, 0.717) is 24.4 Å². The molecule has 0 bridgehead atoms. The summed E-state index contributed by atoms with van der Waals surface area (Å²) in [6.07, 6.45) is 1.84. The SMILES string of the molecule is OCC1[C@H]2CN(c3ccc(Br)cn3)C[C@@H]12. The summed E-state index contributed by atoms with van der Waals surface area (Å²) in [7, 11) is 0. The van der Waals surface area contributed by atoms with Crippen molar-refractivity contribution in [1.29, 1.82) is 0 Å². The van der Waals surface area contributed by atoms with Crippen LogP contribution in [0.25, 0.3) is 0 Å². The lowest BCUT2D eigenvalue weighted by Gasteiger charge is -2.20. The van der Waals surface area contributed by atoms with Gasteiger partial charge in [0.1, 0.15) is 5.82 Å². The molecule has 1 aromatic rings. The Labute approximate surface area is 97.3 Å². The fourth-order valence-electron chi connectivity index (χ4n) is 2.66. The Morgan fingerprint density at radius 1 is 1.40 bits per heavy atom. The zero-order valence-corrected chi connectivity index (χ0v) is 9.89. The summed E-state index contributed by atoms with van der Waals surface area (Å²) in [5.41, 5.74) is 0. The number of hydrogen-bond donors (Lipinski definition) is 1. The Morgan fingerprint density at radius 3 is 2.67 bits per heavy atom. The Balaban J connectivity index is 1.69. The predicted molar refractivity (Wildman–Crippen MR) is 61.7 cm³/mol. The van der Waals surface area contributed by atoms with E-state index < -0.39 is 0 Å². The van der Waals surface area contributed by atoms with Crippen LogP contribution < -0.4 is 4.90 Å². The minimum absolute atomic E-state index is 0.358. The van der Waals surface area contributed by atoms with Crippen LogP contribution in [0.1, 0.15) is 0 Å². The van der Waals surface area contributed by atoms with Crippen molar-refractivity contribution >= 4 is 21.7 Å². The normalized spacial score (nSPS) is 32.9. The monoisotopic (exact) mass is 268 g/mol. The maximum atomic E-state index is 9.06. The highest BCUT2D eigenvalue weighted by Gasteiger charge is 2.55. The molecule has 1 aromatic heterocycles. The van der Waals surface area contributed by atoms with Gasteiger partial charge in [-0.05, 0) is 45.8 Å². The van der Waals surface area contributed by atoms with Gasteiger partial charge in [-0.2, -0.15) is 0 Å². The average Bonchev–Trinajstić information content (AvgIpc) is 2.72. The Morgan fingerprint density at radius 2 is 2.13 bits per heavy atom. The van der Waals surface area contributed by atoms with Crippen LogP contribution in [0.3, 0.4) is 0 Å². The molecule has 4 heteroatoms. The largest absolute Gasteiger partial charge is 0.396 e. The number of nitrogens with zero attached hydrogens (tertiary/aromatic N) is 2. The van der Waals surface area contributed by atoms with E-state index in [-0.39, 0.29) is 0 Å². The van der Waals surface area contributed by atoms with Crippen molar-refractivity contribution in [2.24, 2.45) is 17.8 Å². The van der Waals surface area contributed by atoms with Gasteiger partial charge in [-0.15, -0.1) is 0 Å². The van der Waals surface area contributed by atoms with E-state index in [1.807, 2.05) is 18.3 Å². The van der Waals surface area contributed by atoms with Crippen LogP contribution in [-0.2, 0) is 0 Å². The van der Waals surface area contributed by atoms with E-state index >= 15 is 0 Å². The second-order valence-electron chi connectivity index (χ2n) is 4.41. The maximum absolute atomic E-state index is 9.06. The van der Waals surface area contributed by atoms with E-state index in [2.05, 4.69) is 25.8 Å². The first-order valence-corrected chi connectivity index (χ1v) is 6.06. The third-order valence-corrected chi connectivity index (χ3v) is 4.09. The molecule has 1 aliphatic heterocycles. The third kappa shape index (κ3) is 1.56. The molecule has 0 aromatic carbocycles. The molecule has 3 rings (SSSR count). The second kappa shape index (κ2) is 3.46. The van der Waals surface area contributed by atoms with Crippen molar-refractivity contribution < 1.29 is 5.11 Å². The van der Waals surface area contributed by atoms with E-state index in [0.717, 1.165) is 23.4 Å². The highest BCUT2D eigenvalue weighted by Crippen LogP contribution is 2.51. The van der Waals surface area contributed by atoms with Crippen molar-refractivity contribution in [3.05, 3.63) is 22.8 Å². The molecule has 80 valence electrons. The minimum atomic E-state index is 0.358. The molecular weight excluding hydrogens is 256 g/mol. The number of rotatable bonds is 2. The molecule has 3 nitrogen and oxygen atoms in total. The molecule has 3 atom stereocenters. The van der Waals surface area contributed by atoms with Gasteiger partial charge in [0.05, 0.1) is 0 Å². The van der Waals surface area contributed by atoms with Crippen LogP contribution in [-0.4, -0.2) is 29.8 Å². The fraction of sp³-hybridized carbons (Fsp3) is 0.545. The smallest absolute Gasteiger partial charge is 0.128 e. The fourth-order valence-corrected chi connectivity index (χ4v) is 2.90. The molecule has 1 saturated heterocycles. The van der Waals surface area contributed by atoms with Crippen molar-refractivity contribution in [2.45, 2.75) is 0 Å². The number of aliphatic hydroxyl groups is 1. The summed E-state index contributed by atoms with van der Waals surface area (Å²) in [5, 5.41) is 9.06. The first kappa shape index (κ1) is 9.60. The third-order valence-electron chi connectivity index (χ3n) is 3.62. The van der Waals surface area contributed by atoms with Crippen LogP contribution in [0.4, 0.5) is 5.82 Å². The zero-order valence-electron chi connectivity index (χ0n) is 8.31. The molecule has 1 N–H and O–H groups in total. The molecule has 0 amide bonds. The molecular formula is C11H13BrN2O. The molecule has 2 fully saturated rings. The first-order chi connectivity index (χ1) is 7.29. The van der Waals surface area contributed by atoms with E-state index in [4.69, 9.17) is 5.11 Å². The lowest BCUT2D eigenvalue weighted by molar-refractivity contribution is 0.260. The molecule has 2 aliphatic rings. The quantitative estimate of drug-likeness (QED) is 0.884. The van der Waals surface area contributed by atoms with Gasteiger partial charge < -0.3 is 10.0 Å². The second-order valence-corrected chi connectivity index (χ2v) is 5.33. The molecule has 2 heterocycles. The number of fused-ring (bicyclic) bond motifs is 1. The highest BCUT2D eigenvalue weighted by molar-refractivity contribution is 9.10. The van der Waals surface area contributed by atoms with Gasteiger partial charge in [0, 0.05) is 30.4 Å². The summed E-state index contributed by atoms with van der Waals surface area (Å²) in [4.78, 5) is 6.70. The topological polar surface area (TPSA) is 36.4 Å². The Bertz CT molecular complexity index is 355. The van der Waals surface area contributed by atoms with E-state index in [1.54, 1.807) is 0 Å². The maximum Gasteiger partial charge on any atom is 0.128 e. The van der Waals surface area contributed by atoms with Crippen LogP contribution in [0.5, 0.6) is 0 Å². The van der Waals surface area contributed by atoms with Gasteiger partial charge in [-0.3, -0.25) is 0 Å². The number of pyridine rings is 1. The van der Waals surface area contributed by atoms with Crippen molar-refractivity contribution in [3.63, 3.8) is 0 Å². The van der Waals surface area contributed by atoms with Gasteiger partial charge in [0.25, 0.3) is 0 Å². The lowest BCUT2D eigenvalue weighted by Crippen LogP contribution is -2.25. The number of piperidine rings is 1. The number of anilines is 1. The van der Waals surface area contributed by atoms with Gasteiger partial charge in [0.15, 0.2) is 0 Å². The van der Waals surface area contributed by atoms with Gasteiger partial charge >= 0.3 is 0 Å².